The lowest BCUT2D eigenvalue weighted by Crippen LogP contribution is -2.63. The van der Waals surface area contributed by atoms with Crippen molar-refractivity contribution in [3.63, 3.8) is 0 Å². The van der Waals surface area contributed by atoms with E-state index in [1.54, 1.807) is 0 Å². The van der Waals surface area contributed by atoms with Crippen molar-refractivity contribution in [3.8, 4) is 0 Å². The van der Waals surface area contributed by atoms with Gasteiger partial charge in [-0.25, -0.2) is 0 Å². The molecule has 4 fully saturated rings. The zero-order chi connectivity index (χ0) is 35.8. The Morgan fingerprint density at radius 1 is 0.680 bits per heavy atom. The van der Waals surface area contributed by atoms with Crippen molar-refractivity contribution >= 4 is 0 Å². The summed E-state index contributed by atoms with van der Waals surface area (Å²) in [4.78, 5) is 0. The molecule has 4 rings (SSSR count). The summed E-state index contributed by atoms with van der Waals surface area (Å²) in [6.45, 7) is 17.0. The maximum absolute atomic E-state index is 7.05. The molecular formula is C43H84N4O3. The molecule has 4 aliphatic carbocycles. The van der Waals surface area contributed by atoms with Crippen molar-refractivity contribution in [2.45, 2.75) is 174 Å². The third-order valence-corrected chi connectivity index (χ3v) is 14.7. The average Bonchev–Trinajstić information content (AvgIpc) is 3.47. The Morgan fingerprint density at radius 3 is 2.02 bits per heavy atom. The zero-order valence-corrected chi connectivity index (χ0v) is 33.5. The second-order valence-electron chi connectivity index (χ2n) is 17.8. The van der Waals surface area contributed by atoms with E-state index < -0.39 is 0 Å². The van der Waals surface area contributed by atoms with Crippen LogP contribution in [0, 0.1) is 46.3 Å². The molecule has 4 saturated carbocycles. The van der Waals surface area contributed by atoms with Gasteiger partial charge in [-0.2, -0.15) is 0 Å². The van der Waals surface area contributed by atoms with E-state index in [0.29, 0.717) is 78.9 Å². The summed E-state index contributed by atoms with van der Waals surface area (Å²) < 4.78 is 20.4. The summed E-state index contributed by atoms with van der Waals surface area (Å²) in [5.74, 6) is 3.92. The number of hydrogen-bond acceptors (Lipinski definition) is 7. The molecule has 0 bridgehead atoms. The standard InChI is InChI=1S/C43H84N4O3/c1-5-6-7-8-9-10-11-12-25-47-26-13-17-33(2)36-18-19-37-41-38(32-40(43(36,37)4)50-29-16-24-46)42(3)21-20-35(48-27-14-22-44)30-34(42)31-39(41)49-28-15-23-45/h33-41,47H,5-32,44-46H2,1-4H3/t33-,34?,35-,36?,37+,38+,39-,40+,41?,42?,43?/m1/s1. The van der Waals surface area contributed by atoms with Gasteiger partial charge in [0, 0.05) is 25.2 Å². The minimum Gasteiger partial charge on any atom is -0.378 e. The number of nitrogens with two attached hydrogens (primary N) is 3. The Hall–Kier alpha value is -0.280. The van der Waals surface area contributed by atoms with Crippen LogP contribution in [0.4, 0.5) is 0 Å². The van der Waals surface area contributed by atoms with Crippen LogP contribution in [-0.4, -0.2) is 70.9 Å². The number of hydrogen-bond donors (Lipinski definition) is 4. The van der Waals surface area contributed by atoms with Gasteiger partial charge in [-0.1, -0.05) is 72.6 Å². The molecule has 11 atom stereocenters. The predicted molar refractivity (Wildman–Crippen MR) is 210 cm³/mol. The van der Waals surface area contributed by atoms with Crippen LogP contribution in [0.3, 0.4) is 0 Å². The Kier molecular flexibility index (Phi) is 18.8. The molecule has 0 amide bonds. The first-order valence-corrected chi connectivity index (χ1v) is 22.0. The second-order valence-corrected chi connectivity index (χ2v) is 17.8. The maximum atomic E-state index is 7.05. The molecule has 0 aromatic rings. The summed E-state index contributed by atoms with van der Waals surface area (Å²) in [7, 11) is 0. The van der Waals surface area contributed by atoms with Gasteiger partial charge in [0.2, 0.25) is 0 Å². The van der Waals surface area contributed by atoms with Crippen LogP contribution in [0.25, 0.3) is 0 Å². The Balaban J connectivity index is 1.41. The third-order valence-electron chi connectivity index (χ3n) is 14.7. The van der Waals surface area contributed by atoms with Gasteiger partial charge in [0.15, 0.2) is 0 Å². The van der Waals surface area contributed by atoms with Gasteiger partial charge in [0.25, 0.3) is 0 Å². The van der Waals surface area contributed by atoms with E-state index in [2.05, 4.69) is 33.0 Å². The zero-order valence-electron chi connectivity index (χ0n) is 33.5. The van der Waals surface area contributed by atoms with Crippen molar-refractivity contribution < 1.29 is 14.2 Å². The molecule has 7 N–H and O–H groups in total. The molecule has 0 spiro atoms. The highest BCUT2D eigenvalue weighted by Crippen LogP contribution is 2.69. The molecular weight excluding hydrogens is 620 g/mol. The quantitative estimate of drug-likeness (QED) is 0.0671. The lowest BCUT2D eigenvalue weighted by molar-refractivity contribution is -0.227. The van der Waals surface area contributed by atoms with Crippen molar-refractivity contribution in [2.24, 2.45) is 63.5 Å². The summed E-state index contributed by atoms with van der Waals surface area (Å²) in [6.07, 6.45) is 26.1. The molecule has 294 valence electrons. The van der Waals surface area contributed by atoms with Crippen molar-refractivity contribution in [3.05, 3.63) is 0 Å². The first kappa shape index (κ1) is 42.5. The van der Waals surface area contributed by atoms with Crippen molar-refractivity contribution in [1.82, 2.24) is 5.32 Å². The molecule has 0 aliphatic heterocycles. The SMILES string of the molecule is CCCCCCCCCCNCCC[C@@H](C)C1CC[C@H]2C3[C@H](OCCCN)CC4C[C@H](OCCCN)CCC4(C)[C@H]3C[C@H](OCCCN)C12C. The highest BCUT2D eigenvalue weighted by Gasteiger charge is 2.66. The fraction of sp³-hybridized carbons (Fsp3) is 1.00. The molecule has 7 nitrogen and oxygen atoms in total. The van der Waals surface area contributed by atoms with Gasteiger partial charge in [0.1, 0.15) is 0 Å². The monoisotopic (exact) mass is 705 g/mol. The molecule has 50 heavy (non-hydrogen) atoms. The van der Waals surface area contributed by atoms with Gasteiger partial charge in [-0.05, 0) is 157 Å². The number of ether oxygens (including phenoxy) is 3. The number of unbranched alkanes of at least 4 members (excludes halogenated alkanes) is 7. The number of nitrogens with one attached hydrogen (secondary N) is 1. The molecule has 0 radical (unpaired) electrons. The van der Waals surface area contributed by atoms with Crippen molar-refractivity contribution in [2.75, 3.05) is 52.5 Å². The minimum atomic E-state index is 0.181. The Labute approximate surface area is 309 Å². The average molecular weight is 705 g/mol. The van der Waals surface area contributed by atoms with Gasteiger partial charge >= 0.3 is 0 Å². The number of rotatable bonds is 26. The van der Waals surface area contributed by atoms with E-state index in [-0.39, 0.29) is 5.41 Å². The van der Waals surface area contributed by atoms with E-state index in [4.69, 9.17) is 31.4 Å². The largest absolute Gasteiger partial charge is 0.378 e. The lowest BCUT2D eigenvalue weighted by atomic mass is 9.43. The normalized spacial score (nSPS) is 35.8. The molecule has 7 heteroatoms. The van der Waals surface area contributed by atoms with Crippen LogP contribution in [0.1, 0.15) is 156 Å². The number of fused-ring (bicyclic) bond motifs is 5. The second kappa shape index (κ2) is 22.2. The van der Waals surface area contributed by atoms with Gasteiger partial charge in [-0.15, -0.1) is 0 Å². The molecule has 0 saturated heterocycles. The molecule has 0 heterocycles. The van der Waals surface area contributed by atoms with Crippen LogP contribution in [0.15, 0.2) is 0 Å². The van der Waals surface area contributed by atoms with E-state index in [9.17, 15) is 0 Å². The predicted octanol–water partition coefficient (Wildman–Crippen LogP) is 8.21. The van der Waals surface area contributed by atoms with Crippen LogP contribution in [0.5, 0.6) is 0 Å². The minimum absolute atomic E-state index is 0.181. The first-order chi connectivity index (χ1) is 24.3. The lowest BCUT2D eigenvalue weighted by Gasteiger charge is -2.65. The molecule has 5 unspecified atom stereocenters. The summed E-state index contributed by atoms with van der Waals surface area (Å²) in [5, 5.41) is 3.79. The van der Waals surface area contributed by atoms with E-state index >= 15 is 0 Å². The van der Waals surface area contributed by atoms with Crippen LogP contribution in [-0.2, 0) is 14.2 Å². The summed E-state index contributed by atoms with van der Waals surface area (Å²) >= 11 is 0. The van der Waals surface area contributed by atoms with Crippen LogP contribution in [0.2, 0.25) is 0 Å². The highest BCUT2D eigenvalue weighted by atomic mass is 16.5. The van der Waals surface area contributed by atoms with E-state index in [0.717, 1.165) is 52.0 Å². The van der Waals surface area contributed by atoms with Gasteiger partial charge in [-0.3, -0.25) is 0 Å². The van der Waals surface area contributed by atoms with Crippen molar-refractivity contribution in [1.29, 1.82) is 0 Å². The first-order valence-electron chi connectivity index (χ1n) is 22.0. The fourth-order valence-electron chi connectivity index (χ4n) is 11.9. The van der Waals surface area contributed by atoms with E-state index in [1.807, 2.05) is 0 Å². The maximum Gasteiger partial charge on any atom is 0.0637 e. The Bertz CT molecular complexity index is 909. The molecule has 0 aromatic heterocycles. The third kappa shape index (κ3) is 10.9. The van der Waals surface area contributed by atoms with Crippen LogP contribution < -0.4 is 22.5 Å². The van der Waals surface area contributed by atoms with Gasteiger partial charge in [0.05, 0.1) is 18.3 Å². The van der Waals surface area contributed by atoms with Gasteiger partial charge < -0.3 is 36.7 Å². The summed E-state index contributed by atoms with van der Waals surface area (Å²) in [5.41, 5.74) is 18.3. The van der Waals surface area contributed by atoms with Crippen LogP contribution >= 0.6 is 0 Å². The topological polar surface area (TPSA) is 118 Å². The molecule has 0 aromatic carbocycles. The summed E-state index contributed by atoms with van der Waals surface area (Å²) in [6, 6.07) is 0. The Morgan fingerprint density at radius 2 is 1.32 bits per heavy atom. The van der Waals surface area contributed by atoms with E-state index in [1.165, 1.54) is 109 Å². The highest BCUT2D eigenvalue weighted by molar-refractivity contribution is 5.15. The smallest absolute Gasteiger partial charge is 0.0637 e. The molecule has 4 aliphatic rings. The fourth-order valence-corrected chi connectivity index (χ4v) is 11.9.